The molecule has 1 aliphatic rings. The lowest BCUT2D eigenvalue weighted by atomic mass is 9.85. The number of hydrogen-bond donors (Lipinski definition) is 3. The Labute approximate surface area is 151 Å². The lowest BCUT2D eigenvalue weighted by Gasteiger charge is -2.42. The number of carbonyl (C=O) groups is 2. The van der Waals surface area contributed by atoms with Gasteiger partial charge in [-0.05, 0) is 44.0 Å². The number of nitrogens with zero attached hydrogens (tertiary/aromatic N) is 1. The molecule has 1 aliphatic carbocycles. The van der Waals surface area contributed by atoms with Crippen molar-refractivity contribution in [2.24, 2.45) is 0 Å². The molecule has 0 aromatic heterocycles. The molecule has 138 valence electrons. The molecule has 2 amide bonds. The molecule has 1 unspecified atom stereocenters. The zero-order valence-corrected chi connectivity index (χ0v) is 15.0. The van der Waals surface area contributed by atoms with Crippen LogP contribution in [0.5, 0.6) is 0 Å². The van der Waals surface area contributed by atoms with Crippen LogP contribution in [0.3, 0.4) is 0 Å². The summed E-state index contributed by atoms with van der Waals surface area (Å²) in [5, 5.41) is 14.6. The molecule has 6 nitrogen and oxygen atoms in total. The fourth-order valence-corrected chi connectivity index (χ4v) is 3.15. The monoisotopic (exact) mass is 371 g/mol. The van der Waals surface area contributed by atoms with E-state index in [1.54, 1.807) is 13.0 Å². The summed E-state index contributed by atoms with van der Waals surface area (Å²) in [6.07, 6.45) is 1.45. The van der Waals surface area contributed by atoms with Crippen LogP contribution in [-0.4, -0.2) is 47.2 Å². The van der Waals surface area contributed by atoms with E-state index in [1.807, 2.05) is 11.8 Å². The van der Waals surface area contributed by atoms with Gasteiger partial charge in [-0.25, -0.2) is 9.18 Å². The van der Waals surface area contributed by atoms with Crippen LogP contribution < -0.4 is 10.6 Å². The van der Waals surface area contributed by atoms with E-state index in [0.29, 0.717) is 12.1 Å². The highest BCUT2D eigenvalue weighted by Gasteiger charge is 2.34. The van der Waals surface area contributed by atoms with Crippen LogP contribution in [0.4, 0.5) is 9.18 Å². The number of carbonyl (C=O) groups excluding carboxylic acids is 1. The van der Waals surface area contributed by atoms with E-state index in [0.717, 1.165) is 12.8 Å². The molecule has 1 atom stereocenters. The second-order valence-corrected chi connectivity index (χ2v) is 6.70. The molecule has 2 rings (SSSR count). The number of hydrogen-bond acceptors (Lipinski definition) is 3. The molecular formula is C17H23ClFN3O3. The Hall–Kier alpha value is -1.86. The fourth-order valence-electron chi connectivity index (χ4n) is 2.97. The quantitative estimate of drug-likeness (QED) is 0.688. The number of benzene rings is 1. The maximum Gasteiger partial charge on any atom is 0.317 e. The highest BCUT2D eigenvalue weighted by atomic mass is 35.5. The minimum atomic E-state index is -0.845. The summed E-state index contributed by atoms with van der Waals surface area (Å²) in [5.41, 5.74) is 0.714. The first-order valence-electron chi connectivity index (χ1n) is 8.28. The summed E-state index contributed by atoms with van der Waals surface area (Å²) >= 11 is 5.76. The van der Waals surface area contributed by atoms with Crippen LogP contribution in [0.1, 0.15) is 38.3 Å². The molecule has 25 heavy (non-hydrogen) atoms. The summed E-state index contributed by atoms with van der Waals surface area (Å²) in [7, 11) is 0. The van der Waals surface area contributed by atoms with Gasteiger partial charge in [-0.2, -0.15) is 0 Å². The fraction of sp³-hybridized carbons (Fsp3) is 0.529. The second-order valence-electron chi connectivity index (χ2n) is 6.29. The molecule has 3 N–H and O–H groups in total. The van der Waals surface area contributed by atoms with E-state index in [-0.39, 0.29) is 35.7 Å². The minimum Gasteiger partial charge on any atom is -0.480 e. The van der Waals surface area contributed by atoms with Gasteiger partial charge in [0.2, 0.25) is 0 Å². The van der Waals surface area contributed by atoms with Gasteiger partial charge in [-0.1, -0.05) is 24.6 Å². The third-order valence-corrected chi connectivity index (χ3v) is 4.79. The molecular weight excluding hydrogens is 349 g/mol. The van der Waals surface area contributed by atoms with Crippen LogP contribution >= 0.6 is 11.6 Å². The summed E-state index contributed by atoms with van der Waals surface area (Å²) in [5.74, 6) is -1.34. The van der Waals surface area contributed by atoms with Gasteiger partial charge in [0.05, 0.1) is 17.6 Å². The van der Waals surface area contributed by atoms with Gasteiger partial charge in [0.25, 0.3) is 0 Å². The maximum atomic E-state index is 13.2. The van der Waals surface area contributed by atoms with E-state index >= 15 is 0 Å². The number of halogens is 2. The summed E-state index contributed by atoms with van der Waals surface area (Å²) in [4.78, 5) is 24.8. The van der Waals surface area contributed by atoms with Gasteiger partial charge < -0.3 is 15.7 Å². The standard InChI is InChI=1S/C17H23ClFN3O3/c1-3-22(9-16(23)24)13-7-12(8-13)21-17(25)20-10(2)11-4-5-15(19)14(18)6-11/h4-6,10,12-13H,3,7-9H2,1-2H3,(H,23,24)(H2,20,21,25). The van der Waals surface area contributed by atoms with Gasteiger partial charge in [0.15, 0.2) is 0 Å². The van der Waals surface area contributed by atoms with Gasteiger partial charge in [0.1, 0.15) is 5.82 Å². The highest BCUT2D eigenvalue weighted by Crippen LogP contribution is 2.26. The van der Waals surface area contributed by atoms with Crippen molar-refractivity contribution in [3.8, 4) is 0 Å². The average molecular weight is 372 g/mol. The van der Waals surface area contributed by atoms with Gasteiger partial charge in [0, 0.05) is 12.1 Å². The molecule has 1 aromatic carbocycles. The van der Waals surface area contributed by atoms with E-state index in [2.05, 4.69) is 10.6 Å². The first-order chi connectivity index (χ1) is 11.8. The lowest BCUT2D eigenvalue weighted by molar-refractivity contribution is -0.139. The predicted octanol–water partition coefficient (Wildman–Crippen LogP) is 2.78. The number of urea groups is 1. The van der Waals surface area contributed by atoms with Crippen LogP contribution in [0.25, 0.3) is 0 Å². The summed E-state index contributed by atoms with van der Waals surface area (Å²) in [6.45, 7) is 4.39. The molecule has 0 heterocycles. The molecule has 1 fully saturated rings. The van der Waals surface area contributed by atoms with Crippen molar-refractivity contribution in [3.63, 3.8) is 0 Å². The molecule has 0 radical (unpaired) electrons. The molecule has 8 heteroatoms. The number of carboxylic acid groups (broad SMARTS) is 1. The lowest BCUT2D eigenvalue weighted by Crippen LogP contribution is -2.56. The Morgan fingerprint density at radius 2 is 2.12 bits per heavy atom. The molecule has 1 aromatic rings. The van der Waals surface area contributed by atoms with E-state index in [1.165, 1.54) is 12.1 Å². The van der Waals surface area contributed by atoms with Crippen LogP contribution in [0, 0.1) is 5.82 Å². The smallest absolute Gasteiger partial charge is 0.317 e. The van der Waals surface area contributed by atoms with Crippen molar-refractivity contribution in [2.45, 2.75) is 44.8 Å². The van der Waals surface area contributed by atoms with E-state index < -0.39 is 11.8 Å². The van der Waals surface area contributed by atoms with Gasteiger partial charge in [-0.3, -0.25) is 9.69 Å². The number of amides is 2. The largest absolute Gasteiger partial charge is 0.480 e. The normalized spacial score (nSPS) is 20.7. The van der Waals surface area contributed by atoms with Crippen LogP contribution in [-0.2, 0) is 4.79 Å². The SMILES string of the molecule is CCN(CC(=O)O)C1CC(NC(=O)NC(C)c2ccc(F)c(Cl)c2)C1. The topological polar surface area (TPSA) is 81.7 Å². The number of aliphatic carboxylic acids is 1. The molecule has 0 saturated heterocycles. The first kappa shape index (κ1) is 19.5. The van der Waals surface area contributed by atoms with Crippen molar-refractivity contribution >= 4 is 23.6 Å². The van der Waals surface area contributed by atoms with Crippen LogP contribution in [0.15, 0.2) is 18.2 Å². The Kier molecular flexibility index (Phi) is 6.61. The third-order valence-electron chi connectivity index (χ3n) is 4.50. The molecule has 0 spiro atoms. The Balaban J connectivity index is 1.78. The minimum absolute atomic E-state index is 0.0163. The molecule has 0 bridgehead atoms. The van der Waals surface area contributed by atoms with Crippen molar-refractivity contribution in [1.82, 2.24) is 15.5 Å². The zero-order valence-electron chi connectivity index (χ0n) is 14.3. The second kappa shape index (κ2) is 8.49. The number of carboxylic acids is 1. The summed E-state index contributed by atoms with van der Waals surface area (Å²) < 4.78 is 13.2. The first-order valence-corrected chi connectivity index (χ1v) is 8.65. The van der Waals surface area contributed by atoms with E-state index in [9.17, 15) is 14.0 Å². The third kappa shape index (κ3) is 5.31. The Morgan fingerprint density at radius 1 is 1.44 bits per heavy atom. The van der Waals surface area contributed by atoms with Gasteiger partial charge >= 0.3 is 12.0 Å². The molecule has 1 saturated carbocycles. The van der Waals surface area contributed by atoms with Crippen molar-refractivity contribution in [1.29, 1.82) is 0 Å². The summed E-state index contributed by atoms with van der Waals surface area (Å²) in [6, 6.07) is 3.93. The predicted molar refractivity (Wildman–Crippen MR) is 93.2 cm³/mol. The number of likely N-dealkylation sites (N-methyl/N-ethyl adjacent to an activating group) is 1. The zero-order chi connectivity index (χ0) is 18.6. The maximum absolute atomic E-state index is 13.2. The van der Waals surface area contributed by atoms with Gasteiger partial charge in [-0.15, -0.1) is 0 Å². The molecule has 0 aliphatic heterocycles. The van der Waals surface area contributed by atoms with Crippen molar-refractivity contribution in [3.05, 3.63) is 34.6 Å². The van der Waals surface area contributed by atoms with E-state index in [4.69, 9.17) is 16.7 Å². The Bertz CT molecular complexity index is 638. The van der Waals surface area contributed by atoms with Crippen LogP contribution in [0.2, 0.25) is 5.02 Å². The number of rotatable bonds is 7. The van der Waals surface area contributed by atoms with Crippen molar-refractivity contribution < 1.29 is 19.1 Å². The number of nitrogens with one attached hydrogen (secondary N) is 2. The highest BCUT2D eigenvalue weighted by molar-refractivity contribution is 6.30. The van der Waals surface area contributed by atoms with Crippen molar-refractivity contribution in [2.75, 3.05) is 13.1 Å². The average Bonchev–Trinajstić information content (AvgIpc) is 2.50. The Morgan fingerprint density at radius 3 is 2.68 bits per heavy atom.